The zero-order chi connectivity index (χ0) is 13.8. The van der Waals surface area contributed by atoms with Gasteiger partial charge in [-0.3, -0.25) is 4.79 Å². The Morgan fingerprint density at radius 1 is 1.26 bits per heavy atom. The Morgan fingerprint density at radius 3 is 2.63 bits per heavy atom. The smallest absolute Gasteiger partial charge is 0.222 e. The van der Waals surface area contributed by atoms with Crippen LogP contribution in [0.4, 0.5) is 10.1 Å². The first-order valence-electron chi connectivity index (χ1n) is 5.87. The second kappa shape index (κ2) is 5.52. The number of halogens is 1. The van der Waals surface area contributed by atoms with Crippen LogP contribution in [-0.2, 0) is 0 Å². The minimum absolute atomic E-state index is 0.255. The number of hydrogen-bond acceptors (Lipinski definition) is 3. The summed E-state index contributed by atoms with van der Waals surface area (Å²) in [5, 5.41) is 2.84. The molecule has 2 aromatic rings. The third kappa shape index (κ3) is 3.31. The van der Waals surface area contributed by atoms with Gasteiger partial charge in [0, 0.05) is 11.8 Å². The van der Waals surface area contributed by atoms with Gasteiger partial charge in [-0.2, -0.15) is 0 Å². The van der Waals surface area contributed by atoms with Crippen LogP contribution in [0, 0.1) is 12.7 Å². The van der Waals surface area contributed by atoms with Gasteiger partial charge >= 0.3 is 0 Å². The monoisotopic (exact) mass is 259 g/mol. The molecule has 3 nitrogen and oxygen atoms in total. The average Bonchev–Trinajstić information content (AvgIpc) is 2.79. The highest BCUT2D eigenvalue weighted by atomic mass is 19.1. The number of para-hydroxylation sites is 1. The molecule has 0 amide bonds. The molecule has 98 valence electrons. The van der Waals surface area contributed by atoms with Gasteiger partial charge in [-0.15, -0.1) is 0 Å². The molecule has 0 saturated carbocycles. The minimum atomic E-state index is -0.364. The Morgan fingerprint density at radius 2 is 2.00 bits per heavy atom. The van der Waals surface area contributed by atoms with Crippen LogP contribution in [0.15, 0.2) is 52.6 Å². The standard InChI is InChI=1S/C15H14FNO2/c1-10(17-13-6-4-3-5-12(13)16)9-14(18)15-8-7-11(2)19-15/h3-9,17H,1-2H3/b10-9+. The van der Waals surface area contributed by atoms with E-state index in [1.807, 2.05) is 0 Å². The molecule has 0 bridgehead atoms. The lowest BCUT2D eigenvalue weighted by atomic mass is 10.2. The number of carbonyl (C=O) groups excluding carboxylic acids is 1. The van der Waals surface area contributed by atoms with Crippen molar-refractivity contribution < 1.29 is 13.6 Å². The average molecular weight is 259 g/mol. The maximum Gasteiger partial charge on any atom is 0.222 e. The van der Waals surface area contributed by atoms with Crippen molar-refractivity contribution >= 4 is 11.5 Å². The molecule has 1 aromatic heterocycles. The predicted octanol–water partition coefficient (Wildman–Crippen LogP) is 3.93. The summed E-state index contributed by atoms with van der Waals surface area (Å²) >= 11 is 0. The van der Waals surface area contributed by atoms with E-state index in [9.17, 15) is 9.18 Å². The molecule has 0 fully saturated rings. The Bertz CT molecular complexity index is 629. The van der Waals surface area contributed by atoms with Crippen LogP contribution in [0.2, 0.25) is 0 Å². The molecule has 0 aliphatic heterocycles. The van der Waals surface area contributed by atoms with E-state index in [-0.39, 0.29) is 17.4 Å². The lowest BCUT2D eigenvalue weighted by molar-refractivity contribution is 0.102. The van der Waals surface area contributed by atoms with E-state index < -0.39 is 0 Å². The molecular formula is C15H14FNO2. The normalized spacial score (nSPS) is 11.4. The van der Waals surface area contributed by atoms with Crippen molar-refractivity contribution in [2.45, 2.75) is 13.8 Å². The third-order valence-electron chi connectivity index (χ3n) is 2.54. The zero-order valence-electron chi connectivity index (χ0n) is 10.7. The first kappa shape index (κ1) is 13.1. The van der Waals surface area contributed by atoms with Crippen molar-refractivity contribution in [1.29, 1.82) is 0 Å². The lowest BCUT2D eigenvalue weighted by Crippen LogP contribution is -2.02. The first-order valence-corrected chi connectivity index (χ1v) is 5.87. The SMILES string of the molecule is C/C(=C\C(=O)c1ccc(C)o1)Nc1ccccc1F. The fourth-order valence-corrected chi connectivity index (χ4v) is 1.65. The lowest BCUT2D eigenvalue weighted by Gasteiger charge is -2.06. The van der Waals surface area contributed by atoms with E-state index in [1.165, 1.54) is 12.1 Å². The molecule has 19 heavy (non-hydrogen) atoms. The van der Waals surface area contributed by atoms with Gasteiger partial charge in [0.15, 0.2) is 5.76 Å². The van der Waals surface area contributed by atoms with Gasteiger partial charge in [-0.05, 0) is 38.1 Å². The van der Waals surface area contributed by atoms with Crippen molar-refractivity contribution in [1.82, 2.24) is 0 Å². The Kier molecular flexibility index (Phi) is 3.80. The number of benzene rings is 1. The summed E-state index contributed by atoms with van der Waals surface area (Å²) in [7, 11) is 0. The number of hydrogen-bond donors (Lipinski definition) is 1. The quantitative estimate of drug-likeness (QED) is 0.668. The van der Waals surface area contributed by atoms with Gasteiger partial charge < -0.3 is 9.73 Å². The molecule has 2 rings (SSSR count). The number of furan rings is 1. The molecule has 1 aromatic carbocycles. The maximum atomic E-state index is 13.4. The van der Waals surface area contributed by atoms with Gasteiger partial charge in [0.05, 0.1) is 5.69 Å². The van der Waals surface area contributed by atoms with Crippen LogP contribution in [-0.4, -0.2) is 5.78 Å². The second-order valence-corrected chi connectivity index (χ2v) is 4.21. The third-order valence-corrected chi connectivity index (χ3v) is 2.54. The number of ketones is 1. The summed E-state index contributed by atoms with van der Waals surface area (Å²) in [6.07, 6.45) is 1.38. The minimum Gasteiger partial charge on any atom is -0.458 e. The first-order chi connectivity index (χ1) is 9.06. The molecule has 0 aliphatic carbocycles. The molecule has 0 radical (unpaired) electrons. The molecule has 1 N–H and O–H groups in total. The second-order valence-electron chi connectivity index (χ2n) is 4.21. The number of nitrogens with one attached hydrogen (secondary N) is 1. The summed E-state index contributed by atoms with van der Waals surface area (Å²) in [6.45, 7) is 3.46. The van der Waals surface area contributed by atoms with Gasteiger partial charge in [0.25, 0.3) is 0 Å². The molecule has 1 heterocycles. The van der Waals surface area contributed by atoms with E-state index in [0.717, 1.165) is 0 Å². The predicted molar refractivity (Wildman–Crippen MR) is 71.6 cm³/mol. The molecule has 0 aliphatic rings. The van der Waals surface area contributed by atoms with Crippen molar-refractivity contribution in [3.05, 3.63) is 65.5 Å². The van der Waals surface area contributed by atoms with Gasteiger partial charge in [-0.25, -0.2) is 4.39 Å². The number of carbonyl (C=O) groups is 1. The van der Waals surface area contributed by atoms with Crippen molar-refractivity contribution in [3.8, 4) is 0 Å². The molecule has 0 saturated heterocycles. The van der Waals surface area contributed by atoms with E-state index >= 15 is 0 Å². The number of aryl methyl sites for hydroxylation is 1. The van der Waals surface area contributed by atoms with Crippen LogP contribution >= 0.6 is 0 Å². The molecular weight excluding hydrogens is 245 g/mol. The molecule has 4 heteroatoms. The Hall–Kier alpha value is -2.36. The van der Waals surface area contributed by atoms with Crippen molar-refractivity contribution in [3.63, 3.8) is 0 Å². The summed E-state index contributed by atoms with van der Waals surface area (Å²) in [5.74, 6) is 0.328. The van der Waals surface area contributed by atoms with Crippen molar-refractivity contribution in [2.24, 2.45) is 0 Å². The van der Waals surface area contributed by atoms with Gasteiger partial charge in [0.2, 0.25) is 5.78 Å². The van der Waals surface area contributed by atoms with Gasteiger partial charge in [0.1, 0.15) is 11.6 Å². The van der Waals surface area contributed by atoms with Crippen LogP contribution in [0.25, 0.3) is 0 Å². The highest BCUT2D eigenvalue weighted by Gasteiger charge is 2.08. The van der Waals surface area contributed by atoms with E-state index in [0.29, 0.717) is 17.1 Å². The number of rotatable bonds is 4. The van der Waals surface area contributed by atoms with Crippen molar-refractivity contribution in [2.75, 3.05) is 5.32 Å². The van der Waals surface area contributed by atoms with E-state index in [4.69, 9.17) is 4.42 Å². The molecule has 0 atom stereocenters. The summed E-state index contributed by atoms with van der Waals surface area (Å²) in [6, 6.07) is 9.62. The van der Waals surface area contributed by atoms with E-state index in [1.54, 1.807) is 44.2 Å². The summed E-state index contributed by atoms with van der Waals surface area (Å²) < 4.78 is 18.6. The molecule has 0 unspecified atom stereocenters. The van der Waals surface area contributed by atoms with Crippen LogP contribution < -0.4 is 5.32 Å². The van der Waals surface area contributed by atoms with Crippen LogP contribution in [0.5, 0.6) is 0 Å². The van der Waals surface area contributed by atoms with Crippen LogP contribution in [0.3, 0.4) is 0 Å². The van der Waals surface area contributed by atoms with Crippen LogP contribution in [0.1, 0.15) is 23.2 Å². The summed E-state index contributed by atoms with van der Waals surface area (Å²) in [5.41, 5.74) is 0.879. The fourth-order valence-electron chi connectivity index (χ4n) is 1.65. The highest BCUT2D eigenvalue weighted by Crippen LogP contribution is 2.15. The van der Waals surface area contributed by atoms with E-state index in [2.05, 4.69) is 5.32 Å². The highest BCUT2D eigenvalue weighted by molar-refractivity contribution is 6.03. The molecule has 0 spiro atoms. The largest absolute Gasteiger partial charge is 0.458 e. The number of anilines is 1. The zero-order valence-corrected chi connectivity index (χ0v) is 10.7. The maximum absolute atomic E-state index is 13.4. The topological polar surface area (TPSA) is 42.2 Å². The summed E-state index contributed by atoms with van der Waals surface area (Å²) in [4.78, 5) is 11.8. The fraction of sp³-hybridized carbons (Fsp3) is 0.133. The Labute approximate surface area is 110 Å². The Balaban J connectivity index is 2.11. The number of allylic oxidation sites excluding steroid dienone is 2. The van der Waals surface area contributed by atoms with Gasteiger partial charge in [-0.1, -0.05) is 12.1 Å².